The highest BCUT2D eigenvalue weighted by atomic mass is 31.2. The Morgan fingerprint density at radius 3 is 1.75 bits per heavy atom. The molecule has 1 saturated heterocycles. The topological polar surface area (TPSA) is 122 Å². The maximum atomic E-state index is 10.2. The molecule has 0 aliphatic carbocycles. The van der Waals surface area contributed by atoms with E-state index < -0.39 is 13.4 Å². The number of nitrogens with two attached hydrogens (primary N) is 2. The van der Waals surface area contributed by atoms with E-state index in [9.17, 15) is 4.57 Å². The van der Waals surface area contributed by atoms with Crippen molar-refractivity contribution in [3.05, 3.63) is 0 Å². The van der Waals surface area contributed by atoms with Gasteiger partial charge in [0.05, 0.1) is 6.10 Å². The molecular formula is C5H15N2O4P. The Hall–Kier alpha value is 0.0300. The smallest absolute Gasteiger partial charge is 0.356 e. The first kappa shape index (κ1) is 12.0. The Morgan fingerprint density at radius 2 is 1.75 bits per heavy atom. The van der Waals surface area contributed by atoms with Crippen molar-refractivity contribution in [2.24, 2.45) is 11.5 Å². The van der Waals surface area contributed by atoms with Crippen molar-refractivity contribution in [2.45, 2.75) is 18.9 Å². The predicted molar refractivity (Wildman–Crippen MR) is 44.5 cm³/mol. The standard InChI is InChI=1S/C3H7O4P.C2H8N2/c1-2-3(7-2)8(4,5)6;3-1-2-4/h2-3H,1H3,(H2,4,5,6);1-4H2/t2-,3+;/m0./s1. The van der Waals surface area contributed by atoms with Crippen LogP contribution in [0.15, 0.2) is 0 Å². The minimum atomic E-state index is -3.90. The zero-order valence-corrected chi connectivity index (χ0v) is 7.78. The van der Waals surface area contributed by atoms with Crippen molar-refractivity contribution in [1.29, 1.82) is 0 Å². The van der Waals surface area contributed by atoms with Gasteiger partial charge in [0.15, 0.2) is 5.85 Å². The minimum absolute atomic E-state index is 0.254. The lowest BCUT2D eigenvalue weighted by Crippen LogP contribution is -2.11. The molecule has 0 aromatic heterocycles. The van der Waals surface area contributed by atoms with E-state index in [1.54, 1.807) is 6.92 Å². The molecular weight excluding hydrogens is 183 g/mol. The average molecular weight is 198 g/mol. The monoisotopic (exact) mass is 198 g/mol. The first-order chi connectivity index (χ1) is 5.43. The van der Waals surface area contributed by atoms with Gasteiger partial charge < -0.3 is 26.0 Å². The summed E-state index contributed by atoms with van der Waals surface area (Å²) in [5, 5.41) is 0. The van der Waals surface area contributed by atoms with Crippen LogP contribution < -0.4 is 11.5 Å². The quantitative estimate of drug-likeness (QED) is 0.327. The van der Waals surface area contributed by atoms with Gasteiger partial charge in [0.25, 0.3) is 0 Å². The van der Waals surface area contributed by atoms with Crippen LogP contribution in [0.4, 0.5) is 0 Å². The molecule has 6 N–H and O–H groups in total. The Bertz CT molecular complexity index is 169. The van der Waals surface area contributed by atoms with E-state index in [1.807, 2.05) is 0 Å². The summed E-state index contributed by atoms with van der Waals surface area (Å²) in [5.41, 5.74) is 9.81. The van der Waals surface area contributed by atoms with Crippen LogP contribution in [0.2, 0.25) is 0 Å². The summed E-state index contributed by atoms with van der Waals surface area (Å²) in [4.78, 5) is 16.6. The van der Waals surface area contributed by atoms with Gasteiger partial charge in [0, 0.05) is 13.1 Å². The summed E-state index contributed by atoms with van der Waals surface area (Å²) in [6, 6.07) is 0. The fraction of sp³-hybridized carbons (Fsp3) is 1.00. The molecule has 0 unspecified atom stereocenters. The van der Waals surface area contributed by atoms with E-state index in [1.165, 1.54) is 0 Å². The van der Waals surface area contributed by atoms with Gasteiger partial charge in [-0.25, -0.2) is 0 Å². The Kier molecular flexibility index (Phi) is 4.92. The molecule has 1 rings (SSSR count). The van der Waals surface area contributed by atoms with Crippen LogP contribution in [0.25, 0.3) is 0 Å². The summed E-state index contributed by atoms with van der Waals surface area (Å²) in [6.45, 7) is 2.82. The summed E-state index contributed by atoms with van der Waals surface area (Å²) < 4.78 is 14.7. The zero-order valence-electron chi connectivity index (χ0n) is 6.88. The highest BCUT2D eigenvalue weighted by molar-refractivity contribution is 7.52. The number of epoxide rings is 1. The van der Waals surface area contributed by atoms with Crippen molar-refractivity contribution < 1.29 is 19.1 Å². The Balaban J connectivity index is 0.000000261. The van der Waals surface area contributed by atoms with Gasteiger partial charge >= 0.3 is 7.60 Å². The third-order valence-electron chi connectivity index (χ3n) is 1.18. The van der Waals surface area contributed by atoms with Gasteiger partial charge in [-0.05, 0) is 6.92 Å². The molecule has 0 bridgehead atoms. The number of hydrogen-bond acceptors (Lipinski definition) is 4. The molecule has 1 aliphatic heterocycles. The SMILES string of the molecule is C[C@@H]1O[C@@H]1P(=O)(O)O.NCCN. The van der Waals surface area contributed by atoms with E-state index in [2.05, 4.69) is 4.74 Å². The molecule has 12 heavy (non-hydrogen) atoms. The van der Waals surface area contributed by atoms with Crippen LogP contribution in [0.5, 0.6) is 0 Å². The zero-order chi connectivity index (χ0) is 9.78. The van der Waals surface area contributed by atoms with Gasteiger partial charge in [-0.1, -0.05) is 0 Å². The van der Waals surface area contributed by atoms with Crippen LogP contribution in [0.1, 0.15) is 6.92 Å². The van der Waals surface area contributed by atoms with E-state index in [0.717, 1.165) is 0 Å². The van der Waals surface area contributed by atoms with Gasteiger partial charge in [-0.2, -0.15) is 0 Å². The van der Waals surface area contributed by atoms with E-state index in [4.69, 9.17) is 21.3 Å². The fourth-order valence-corrected chi connectivity index (χ4v) is 1.42. The molecule has 1 heterocycles. The number of ether oxygens (including phenoxy) is 1. The van der Waals surface area contributed by atoms with Crippen molar-refractivity contribution in [1.82, 2.24) is 0 Å². The van der Waals surface area contributed by atoms with Crippen molar-refractivity contribution in [2.75, 3.05) is 13.1 Å². The maximum absolute atomic E-state index is 10.2. The normalized spacial score (nSPS) is 27.4. The highest BCUT2D eigenvalue weighted by Crippen LogP contribution is 2.52. The summed E-state index contributed by atoms with van der Waals surface area (Å²) in [6.07, 6.45) is -0.254. The highest BCUT2D eigenvalue weighted by Gasteiger charge is 2.48. The maximum Gasteiger partial charge on any atom is 0.356 e. The van der Waals surface area contributed by atoms with Gasteiger partial charge in [-0.15, -0.1) is 0 Å². The molecule has 74 valence electrons. The lowest BCUT2D eigenvalue weighted by Gasteiger charge is -1.93. The molecule has 0 spiro atoms. The Morgan fingerprint density at radius 1 is 1.42 bits per heavy atom. The molecule has 0 aromatic rings. The Labute approximate surface area is 71.0 Å². The molecule has 1 fully saturated rings. The van der Waals surface area contributed by atoms with Crippen molar-refractivity contribution in [3.63, 3.8) is 0 Å². The number of hydrogen-bond donors (Lipinski definition) is 4. The van der Waals surface area contributed by atoms with Crippen LogP contribution in [-0.4, -0.2) is 34.8 Å². The van der Waals surface area contributed by atoms with Crippen LogP contribution in [0, 0.1) is 0 Å². The molecule has 0 radical (unpaired) electrons. The predicted octanol–water partition coefficient (Wildman–Crippen LogP) is -1.19. The third kappa shape index (κ3) is 4.82. The average Bonchev–Trinajstić information content (AvgIpc) is 2.66. The van der Waals surface area contributed by atoms with Gasteiger partial charge in [0.2, 0.25) is 0 Å². The summed E-state index contributed by atoms with van der Waals surface area (Å²) >= 11 is 0. The molecule has 6 nitrogen and oxygen atoms in total. The van der Waals surface area contributed by atoms with Crippen molar-refractivity contribution in [3.8, 4) is 0 Å². The van der Waals surface area contributed by atoms with Crippen LogP contribution in [-0.2, 0) is 9.30 Å². The second-order valence-electron chi connectivity index (χ2n) is 2.40. The number of rotatable bonds is 2. The first-order valence-corrected chi connectivity index (χ1v) is 5.22. The lowest BCUT2D eigenvalue weighted by atomic mass is 10.6. The van der Waals surface area contributed by atoms with Gasteiger partial charge in [0.1, 0.15) is 0 Å². The summed E-state index contributed by atoms with van der Waals surface area (Å²) in [7, 11) is -3.90. The molecule has 0 aromatic carbocycles. The minimum Gasteiger partial charge on any atom is -0.356 e. The van der Waals surface area contributed by atoms with E-state index in [-0.39, 0.29) is 6.10 Å². The fourth-order valence-electron chi connectivity index (χ4n) is 0.527. The van der Waals surface area contributed by atoms with E-state index >= 15 is 0 Å². The van der Waals surface area contributed by atoms with Crippen LogP contribution in [0.3, 0.4) is 0 Å². The lowest BCUT2D eigenvalue weighted by molar-refractivity contribution is 0.333. The first-order valence-electron chi connectivity index (χ1n) is 3.54. The molecule has 0 amide bonds. The summed E-state index contributed by atoms with van der Waals surface area (Å²) in [5.74, 6) is -0.817. The molecule has 1 aliphatic rings. The van der Waals surface area contributed by atoms with Crippen molar-refractivity contribution >= 4 is 7.60 Å². The van der Waals surface area contributed by atoms with E-state index in [0.29, 0.717) is 13.1 Å². The second-order valence-corrected chi connectivity index (χ2v) is 4.09. The third-order valence-corrected chi connectivity index (χ3v) is 2.38. The largest absolute Gasteiger partial charge is 0.356 e. The molecule has 0 saturated carbocycles. The van der Waals surface area contributed by atoms with Gasteiger partial charge in [-0.3, -0.25) is 4.57 Å². The second kappa shape index (κ2) is 4.91. The van der Waals surface area contributed by atoms with Crippen LogP contribution >= 0.6 is 7.60 Å². The molecule has 2 atom stereocenters. The molecule has 7 heteroatoms.